The zero-order valence-electron chi connectivity index (χ0n) is 20.1. The van der Waals surface area contributed by atoms with E-state index in [-0.39, 0.29) is 61.9 Å². The van der Waals surface area contributed by atoms with Gasteiger partial charge < -0.3 is 28.4 Å². The van der Waals surface area contributed by atoms with Crippen LogP contribution in [0.1, 0.15) is 41.0 Å². The molecule has 2 aromatic heterocycles. The molecule has 1 amide bonds. The summed E-state index contributed by atoms with van der Waals surface area (Å²) in [5, 5.41) is 2.75. The number of ether oxygens (including phenoxy) is 2. The highest BCUT2D eigenvalue weighted by atomic mass is 31.2. The SMILES string of the molecule is CC(C)OC(=O)CC1COP(=O)(CO[C@H](C)Cn2cnc3c(NC(=O)C(C)C)ncnc32)OC1. The monoisotopic (exact) mass is 497 g/mol. The maximum Gasteiger partial charge on any atom is 0.356 e. The van der Waals surface area contributed by atoms with Gasteiger partial charge in [0.05, 0.1) is 44.7 Å². The molecule has 0 bridgehead atoms. The number of carbonyl (C=O) groups excluding carboxylic acids is 2. The highest BCUT2D eigenvalue weighted by Crippen LogP contribution is 2.51. The van der Waals surface area contributed by atoms with E-state index in [1.54, 1.807) is 38.6 Å². The highest BCUT2D eigenvalue weighted by molar-refractivity contribution is 7.53. The summed E-state index contributed by atoms with van der Waals surface area (Å²) in [6.45, 7) is 9.59. The number of hydrogen-bond acceptors (Lipinski definition) is 10. The lowest BCUT2D eigenvalue weighted by Gasteiger charge is -2.29. The summed E-state index contributed by atoms with van der Waals surface area (Å²) in [6, 6.07) is 0. The summed E-state index contributed by atoms with van der Waals surface area (Å²) in [4.78, 5) is 36.5. The van der Waals surface area contributed by atoms with Crippen LogP contribution in [0.2, 0.25) is 0 Å². The molecule has 0 radical (unpaired) electrons. The summed E-state index contributed by atoms with van der Waals surface area (Å²) in [5.74, 6) is -0.569. The van der Waals surface area contributed by atoms with Crippen molar-refractivity contribution >= 4 is 36.5 Å². The summed E-state index contributed by atoms with van der Waals surface area (Å²) in [6.07, 6.45) is 2.32. The first-order chi connectivity index (χ1) is 16.1. The summed E-state index contributed by atoms with van der Waals surface area (Å²) < 4.78 is 36.3. The first-order valence-electron chi connectivity index (χ1n) is 11.2. The lowest BCUT2D eigenvalue weighted by atomic mass is 10.1. The molecule has 0 unspecified atom stereocenters. The molecule has 1 aliphatic rings. The molecule has 1 atom stereocenters. The fourth-order valence-electron chi connectivity index (χ4n) is 3.18. The Hall–Kier alpha value is -2.40. The minimum atomic E-state index is -3.42. The van der Waals surface area contributed by atoms with Gasteiger partial charge in [0.1, 0.15) is 12.7 Å². The predicted molar refractivity (Wildman–Crippen MR) is 123 cm³/mol. The van der Waals surface area contributed by atoms with Gasteiger partial charge in [0.15, 0.2) is 17.0 Å². The third-order valence-corrected chi connectivity index (χ3v) is 6.52. The van der Waals surface area contributed by atoms with E-state index in [9.17, 15) is 14.2 Å². The first kappa shape index (κ1) is 26.2. The van der Waals surface area contributed by atoms with Crippen LogP contribution in [0, 0.1) is 11.8 Å². The fraction of sp³-hybridized carbons (Fsp3) is 0.667. The van der Waals surface area contributed by atoms with Crippen LogP contribution in [0.4, 0.5) is 5.82 Å². The number of esters is 1. The topological polar surface area (TPSA) is 144 Å². The number of aromatic nitrogens is 4. The van der Waals surface area contributed by atoms with E-state index in [1.165, 1.54) is 6.33 Å². The zero-order chi connectivity index (χ0) is 24.9. The second kappa shape index (κ2) is 11.4. The number of hydrogen-bond donors (Lipinski definition) is 1. The van der Waals surface area contributed by atoms with Crippen molar-refractivity contribution in [3.63, 3.8) is 0 Å². The van der Waals surface area contributed by atoms with Crippen LogP contribution < -0.4 is 5.32 Å². The van der Waals surface area contributed by atoms with Gasteiger partial charge >= 0.3 is 13.6 Å². The number of fused-ring (bicyclic) bond motifs is 1. The molecule has 12 nitrogen and oxygen atoms in total. The van der Waals surface area contributed by atoms with Crippen LogP contribution in [0.25, 0.3) is 11.2 Å². The molecular weight excluding hydrogens is 465 g/mol. The summed E-state index contributed by atoms with van der Waals surface area (Å²) in [7, 11) is -3.42. The largest absolute Gasteiger partial charge is 0.463 e. The first-order valence-corrected chi connectivity index (χ1v) is 12.9. The molecule has 0 aliphatic carbocycles. The lowest BCUT2D eigenvalue weighted by molar-refractivity contribution is -0.149. The minimum Gasteiger partial charge on any atom is -0.463 e. The molecule has 0 saturated carbocycles. The lowest BCUT2D eigenvalue weighted by Crippen LogP contribution is -2.27. The molecule has 1 saturated heterocycles. The molecule has 1 fully saturated rings. The van der Waals surface area contributed by atoms with Crippen molar-refractivity contribution in [3.05, 3.63) is 12.7 Å². The van der Waals surface area contributed by atoms with Crippen molar-refractivity contribution in [1.29, 1.82) is 0 Å². The molecule has 13 heteroatoms. The zero-order valence-corrected chi connectivity index (χ0v) is 21.0. The van der Waals surface area contributed by atoms with Gasteiger partial charge in [-0.1, -0.05) is 13.8 Å². The van der Waals surface area contributed by atoms with E-state index in [0.29, 0.717) is 23.5 Å². The van der Waals surface area contributed by atoms with Crippen molar-refractivity contribution in [1.82, 2.24) is 19.5 Å². The molecule has 188 valence electrons. The Morgan fingerprint density at radius 1 is 1.18 bits per heavy atom. The van der Waals surface area contributed by atoms with Crippen LogP contribution in [-0.4, -0.2) is 63.2 Å². The normalized spacial score (nSPS) is 21.7. The average Bonchev–Trinajstić information content (AvgIpc) is 3.17. The number of rotatable bonds is 10. The quantitative estimate of drug-likeness (QED) is 0.384. The predicted octanol–water partition coefficient (Wildman–Crippen LogP) is 2.98. The molecule has 0 spiro atoms. The molecule has 3 heterocycles. The van der Waals surface area contributed by atoms with Gasteiger partial charge in [0, 0.05) is 11.8 Å². The summed E-state index contributed by atoms with van der Waals surface area (Å²) in [5.41, 5.74) is 1.01. The van der Waals surface area contributed by atoms with Crippen molar-refractivity contribution in [3.8, 4) is 0 Å². The number of amides is 1. The van der Waals surface area contributed by atoms with Crippen molar-refractivity contribution < 1.29 is 32.7 Å². The van der Waals surface area contributed by atoms with Crippen LogP contribution in [0.15, 0.2) is 12.7 Å². The van der Waals surface area contributed by atoms with E-state index in [1.807, 2.05) is 6.92 Å². The minimum absolute atomic E-state index is 0.135. The fourth-order valence-corrected chi connectivity index (χ4v) is 4.71. The van der Waals surface area contributed by atoms with Gasteiger partial charge in [-0.15, -0.1) is 0 Å². The third kappa shape index (κ3) is 7.05. The number of nitrogens with zero attached hydrogens (tertiary/aromatic N) is 4. The number of imidazole rings is 1. The molecule has 0 aromatic carbocycles. The van der Waals surface area contributed by atoms with Crippen molar-refractivity contribution in [2.24, 2.45) is 11.8 Å². The maximum absolute atomic E-state index is 12.8. The molecule has 1 N–H and O–H groups in total. The molecule has 34 heavy (non-hydrogen) atoms. The average molecular weight is 497 g/mol. The standard InChI is InChI=1S/C21H32N5O7P/c1-13(2)21(28)25-19-18-20(23-10-22-19)26(11-24-18)7-15(5)30-12-34(29)31-8-16(9-32-34)6-17(27)33-14(3)4/h10-11,13-16H,6-9,12H2,1-5H3,(H,22,23,25,28)/t15-,16?,34?/m1/s1. The van der Waals surface area contributed by atoms with Crippen LogP contribution in [0.3, 0.4) is 0 Å². The Morgan fingerprint density at radius 2 is 1.88 bits per heavy atom. The van der Waals surface area contributed by atoms with E-state index < -0.39 is 7.60 Å². The maximum atomic E-state index is 12.8. The molecule has 1 aliphatic heterocycles. The van der Waals surface area contributed by atoms with Crippen molar-refractivity contribution in [2.45, 2.75) is 59.8 Å². The van der Waals surface area contributed by atoms with Crippen LogP contribution >= 0.6 is 7.60 Å². The second-order valence-electron chi connectivity index (χ2n) is 8.85. The molecule has 3 rings (SSSR count). The van der Waals surface area contributed by atoms with Gasteiger partial charge in [-0.25, -0.2) is 15.0 Å². The van der Waals surface area contributed by atoms with E-state index in [4.69, 9.17) is 18.5 Å². The van der Waals surface area contributed by atoms with Gasteiger partial charge in [-0.05, 0) is 20.8 Å². The molecular formula is C21H32N5O7P. The number of nitrogens with one attached hydrogen (secondary N) is 1. The van der Waals surface area contributed by atoms with Gasteiger partial charge in [-0.3, -0.25) is 14.2 Å². The van der Waals surface area contributed by atoms with E-state index >= 15 is 0 Å². The molecule has 2 aromatic rings. The Labute approximate surface area is 198 Å². The Kier molecular flexibility index (Phi) is 8.75. The van der Waals surface area contributed by atoms with Gasteiger partial charge in [-0.2, -0.15) is 0 Å². The summed E-state index contributed by atoms with van der Waals surface area (Å²) >= 11 is 0. The van der Waals surface area contributed by atoms with Crippen molar-refractivity contribution in [2.75, 3.05) is 24.9 Å². The number of anilines is 1. The second-order valence-corrected chi connectivity index (χ2v) is 10.8. The van der Waals surface area contributed by atoms with Gasteiger partial charge in [0.2, 0.25) is 5.91 Å². The van der Waals surface area contributed by atoms with Gasteiger partial charge in [0.25, 0.3) is 0 Å². The van der Waals surface area contributed by atoms with Crippen LogP contribution in [0.5, 0.6) is 0 Å². The number of carbonyl (C=O) groups is 2. The smallest absolute Gasteiger partial charge is 0.356 e. The van der Waals surface area contributed by atoms with Crippen LogP contribution in [-0.2, 0) is 39.2 Å². The Balaban J connectivity index is 1.51. The van der Waals surface area contributed by atoms with E-state index in [0.717, 1.165) is 0 Å². The Morgan fingerprint density at radius 3 is 2.53 bits per heavy atom. The highest BCUT2D eigenvalue weighted by Gasteiger charge is 2.34. The van der Waals surface area contributed by atoms with E-state index in [2.05, 4.69) is 20.3 Å². The Bertz CT molecular complexity index is 1050. The third-order valence-electron chi connectivity index (χ3n) is 4.97.